The zero-order chi connectivity index (χ0) is 53.4. The first-order valence-corrected chi connectivity index (χ1v) is 27.7. The molecule has 13 aromatic rings. The number of anilines is 6. The maximum absolute atomic E-state index is 2.50. The van der Waals surface area contributed by atoms with Gasteiger partial charge in [0.25, 0.3) is 0 Å². The molecule has 0 fully saturated rings. The molecule has 1 aliphatic rings. The Hall–Kier alpha value is -10.3. The summed E-state index contributed by atoms with van der Waals surface area (Å²) in [6.07, 6.45) is 0. The molecule has 0 amide bonds. The molecule has 2 nitrogen and oxygen atoms in total. The summed E-state index contributed by atoms with van der Waals surface area (Å²) in [6.45, 7) is 2.26. The standard InChI is InChI=1S/C78H56N2/c1-55-24-23-41-73-76(55)72-52-51-66(54-74(72)78(73,60-28-9-3-10-29-60)61-30-11-4-12-31-61)80(75-53-46-56-25-17-18-38-69(56)77(75)59-26-7-2-8-27-59)65-49-44-58(45-50-65)68-37-20-22-40-71(68)70-39-21-19-36-67(70)57-42-47-64(48-43-57)79(62-32-13-5-14-33-62)63-34-15-6-16-35-63/h2-54H,1H3. The highest BCUT2D eigenvalue weighted by molar-refractivity contribution is 6.06. The topological polar surface area (TPSA) is 6.48 Å². The van der Waals surface area contributed by atoms with Crippen molar-refractivity contribution >= 4 is 44.9 Å². The third kappa shape index (κ3) is 8.29. The van der Waals surface area contributed by atoms with Gasteiger partial charge in [0, 0.05) is 34.0 Å². The second kappa shape index (κ2) is 20.6. The highest BCUT2D eigenvalue weighted by atomic mass is 15.1. The summed E-state index contributed by atoms with van der Waals surface area (Å²) in [5.41, 5.74) is 24.3. The summed E-state index contributed by atoms with van der Waals surface area (Å²) >= 11 is 0. The lowest BCUT2D eigenvalue weighted by molar-refractivity contribution is 0.768. The Balaban J connectivity index is 0.916. The minimum atomic E-state index is -0.566. The average molecular weight is 1020 g/mol. The Morgan fingerprint density at radius 2 is 0.713 bits per heavy atom. The SMILES string of the molecule is Cc1cccc2c1-c1ccc(N(c3ccc(-c4ccccc4-c4ccccc4-c4ccc(N(c5ccccc5)c5ccccc5)cc4)cc3)c3ccc4ccccc4c3-c3ccccc3)cc1C2(c1ccccc1)c1ccccc1. The van der Waals surface area contributed by atoms with Crippen LogP contribution in [0.1, 0.15) is 27.8 Å². The quantitative estimate of drug-likeness (QED) is 0.120. The fraction of sp³-hybridized carbons (Fsp3) is 0.0256. The number of nitrogens with zero attached hydrogens (tertiary/aromatic N) is 2. The first-order valence-electron chi connectivity index (χ1n) is 27.7. The molecule has 0 saturated carbocycles. The third-order valence-corrected chi connectivity index (χ3v) is 16.3. The van der Waals surface area contributed by atoms with E-state index in [0.29, 0.717) is 0 Å². The molecule has 0 spiro atoms. The molecule has 0 saturated heterocycles. The van der Waals surface area contributed by atoms with Gasteiger partial charge < -0.3 is 9.80 Å². The maximum atomic E-state index is 2.50. The van der Waals surface area contributed by atoms with Gasteiger partial charge in [0.05, 0.1) is 11.1 Å². The Morgan fingerprint density at radius 3 is 1.27 bits per heavy atom. The molecule has 1 aliphatic carbocycles. The number of fused-ring (bicyclic) bond motifs is 4. The normalized spacial score (nSPS) is 12.2. The van der Waals surface area contributed by atoms with Crippen LogP contribution in [0.3, 0.4) is 0 Å². The Labute approximate surface area is 469 Å². The van der Waals surface area contributed by atoms with Crippen molar-refractivity contribution in [3.05, 3.63) is 349 Å². The summed E-state index contributed by atoms with van der Waals surface area (Å²) in [4.78, 5) is 4.81. The molecule has 2 heteroatoms. The molecule has 0 unspecified atom stereocenters. The van der Waals surface area contributed by atoms with Crippen LogP contribution in [0.15, 0.2) is 322 Å². The predicted molar refractivity (Wildman–Crippen MR) is 337 cm³/mol. The van der Waals surface area contributed by atoms with Crippen LogP contribution in [0.2, 0.25) is 0 Å². The number of rotatable bonds is 12. The Kier molecular flexibility index (Phi) is 12.4. The maximum Gasteiger partial charge on any atom is 0.0714 e. The lowest BCUT2D eigenvalue weighted by atomic mass is 9.67. The van der Waals surface area contributed by atoms with E-state index in [2.05, 4.69) is 338 Å². The summed E-state index contributed by atoms with van der Waals surface area (Å²) in [5, 5.41) is 2.41. The lowest BCUT2D eigenvalue weighted by Gasteiger charge is -2.35. The molecule has 14 rings (SSSR count). The van der Waals surface area contributed by atoms with Crippen LogP contribution >= 0.6 is 0 Å². The van der Waals surface area contributed by atoms with E-state index in [-0.39, 0.29) is 0 Å². The number of hydrogen-bond donors (Lipinski definition) is 0. The Morgan fingerprint density at radius 1 is 0.263 bits per heavy atom. The molecule has 0 atom stereocenters. The van der Waals surface area contributed by atoms with Gasteiger partial charge in [-0.3, -0.25) is 0 Å². The van der Waals surface area contributed by atoms with Gasteiger partial charge in [0.2, 0.25) is 0 Å². The molecule has 0 N–H and O–H groups in total. The average Bonchev–Trinajstić information content (AvgIpc) is 4.09. The van der Waals surface area contributed by atoms with E-state index in [1.165, 1.54) is 83.1 Å². The molecule has 0 heterocycles. The zero-order valence-electron chi connectivity index (χ0n) is 44.5. The molecule has 0 aromatic heterocycles. The molecule has 0 aliphatic heterocycles. The molecular weight excluding hydrogens is 965 g/mol. The number of hydrogen-bond acceptors (Lipinski definition) is 2. The van der Waals surface area contributed by atoms with Gasteiger partial charge in [0.15, 0.2) is 0 Å². The van der Waals surface area contributed by atoms with Crippen molar-refractivity contribution in [1.29, 1.82) is 0 Å². The second-order valence-corrected chi connectivity index (χ2v) is 20.8. The van der Waals surface area contributed by atoms with Crippen molar-refractivity contribution in [2.45, 2.75) is 12.3 Å². The van der Waals surface area contributed by atoms with Gasteiger partial charge in [-0.15, -0.1) is 0 Å². The van der Waals surface area contributed by atoms with Crippen LogP contribution in [0.25, 0.3) is 66.4 Å². The fourth-order valence-electron chi connectivity index (χ4n) is 12.8. The minimum absolute atomic E-state index is 0.566. The van der Waals surface area contributed by atoms with Crippen LogP contribution in [0.5, 0.6) is 0 Å². The summed E-state index contributed by atoms with van der Waals surface area (Å²) < 4.78 is 0. The monoisotopic (exact) mass is 1020 g/mol. The van der Waals surface area contributed by atoms with Crippen LogP contribution < -0.4 is 9.80 Å². The molecular formula is C78H56N2. The van der Waals surface area contributed by atoms with Crippen molar-refractivity contribution in [2.75, 3.05) is 9.80 Å². The van der Waals surface area contributed by atoms with E-state index in [0.717, 1.165) is 45.3 Å². The summed E-state index contributed by atoms with van der Waals surface area (Å²) in [7, 11) is 0. The molecule has 378 valence electrons. The second-order valence-electron chi connectivity index (χ2n) is 20.8. The first-order chi connectivity index (χ1) is 39.6. The third-order valence-electron chi connectivity index (χ3n) is 16.3. The van der Waals surface area contributed by atoms with E-state index < -0.39 is 5.41 Å². The molecule has 80 heavy (non-hydrogen) atoms. The highest BCUT2D eigenvalue weighted by Gasteiger charge is 2.47. The van der Waals surface area contributed by atoms with E-state index in [9.17, 15) is 0 Å². The molecule has 0 bridgehead atoms. The number of benzene rings is 13. The predicted octanol–water partition coefficient (Wildman–Crippen LogP) is 21.1. The fourth-order valence-corrected chi connectivity index (χ4v) is 12.8. The van der Waals surface area contributed by atoms with Gasteiger partial charge >= 0.3 is 0 Å². The van der Waals surface area contributed by atoms with E-state index in [1.54, 1.807) is 0 Å². The van der Waals surface area contributed by atoms with Crippen LogP contribution in [0, 0.1) is 6.92 Å². The Bertz CT molecular complexity index is 4250. The van der Waals surface area contributed by atoms with Crippen LogP contribution in [-0.2, 0) is 5.41 Å². The summed E-state index contributed by atoms with van der Waals surface area (Å²) in [5.74, 6) is 0. The number of para-hydroxylation sites is 2. The van der Waals surface area contributed by atoms with Gasteiger partial charge in [-0.2, -0.15) is 0 Å². The first kappa shape index (κ1) is 48.1. The molecule has 0 radical (unpaired) electrons. The van der Waals surface area contributed by atoms with Gasteiger partial charge in [0.1, 0.15) is 0 Å². The lowest BCUT2D eigenvalue weighted by Crippen LogP contribution is -2.28. The van der Waals surface area contributed by atoms with Crippen molar-refractivity contribution < 1.29 is 0 Å². The summed E-state index contributed by atoms with van der Waals surface area (Å²) in [6, 6.07) is 118. The molecule has 13 aromatic carbocycles. The van der Waals surface area contributed by atoms with Gasteiger partial charge in [-0.05, 0) is 162 Å². The zero-order valence-corrected chi connectivity index (χ0v) is 44.5. The van der Waals surface area contributed by atoms with Crippen molar-refractivity contribution in [1.82, 2.24) is 0 Å². The van der Waals surface area contributed by atoms with E-state index in [4.69, 9.17) is 0 Å². The minimum Gasteiger partial charge on any atom is -0.311 e. The smallest absolute Gasteiger partial charge is 0.0714 e. The van der Waals surface area contributed by atoms with Crippen molar-refractivity contribution in [3.63, 3.8) is 0 Å². The largest absolute Gasteiger partial charge is 0.311 e. The number of aryl methyl sites for hydroxylation is 1. The van der Waals surface area contributed by atoms with Crippen LogP contribution in [0.4, 0.5) is 34.1 Å². The van der Waals surface area contributed by atoms with Gasteiger partial charge in [-0.25, -0.2) is 0 Å². The van der Waals surface area contributed by atoms with Gasteiger partial charge in [-0.1, -0.05) is 255 Å². The van der Waals surface area contributed by atoms with Crippen molar-refractivity contribution in [3.8, 4) is 55.6 Å². The van der Waals surface area contributed by atoms with E-state index >= 15 is 0 Å². The van der Waals surface area contributed by atoms with Crippen molar-refractivity contribution in [2.24, 2.45) is 0 Å². The highest BCUT2D eigenvalue weighted by Crippen LogP contribution is 2.58. The van der Waals surface area contributed by atoms with Crippen LogP contribution in [-0.4, -0.2) is 0 Å². The van der Waals surface area contributed by atoms with E-state index in [1.807, 2.05) is 0 Å².